The normalized spacial score (nSPS) is 14.7. The summed E-state index contributed by atoms with van der Waals surface area (Å²) in [5, 5.41) is 0.818. The minimum atomic E-state index is -0.783. The highest BCUT2D eigenvalue weighted by Gasteiger charge is 2.32. The van der Waals surface area contributed by atoms with E-state index in [1.165, 1.54) is 0 Å². The van der Waals surface area contributed by atoms with Crippen LogP contribution in [0.4, 0.5) is 4.79 Å². The number of ether oxygens (including phenoxy) is 1. The highest BCUT2D eigenvalue weighted by atomic mass is 79.9. The zero-order valence-electron chi connectivity index (χ0n) is 11.7. The summed E-state index contributed by atoms with van der Waals surface area (Å²) in [5.74, 6) is 0.108. The van der Waals surface area contributed by atoms with Gasteiger partial charge in [0.2, 0.25) is 0 Å². The number of rotatable bonds is 3. The molecule has 0 aliphatic carbocycles. The molecular formula is C15H14BrN3O3. The average molecular weight is 364 g/mol. The van der Waals surface area contributed by atoms with Gasteiger partial charge in [-0.25, -0.2) is 4.79 Å². The Balaban J connectivity index is 1.74. The molecule has 2 amide bonds. The maximum atomic E-state index is 12.6. The summed E-state index contributed by atoms with van der Waals surface area (Å²) in [6, 6.07) is 7.38. The van der Waals surface area contributed by atoms with Crippen molar-refractivity contribution in [3.63, 3.8) is 0 Å². The molecule has 1 aliphatic rings. The number of benzene rings is 1. The molecule has 0 unspecified atom stereocenters. The van der Waals surface area contributed by atoms with Crippen LogP contribution in [0.15, 0.2) is 34.9 Å². The van der Waals surface area contributed by atoms with E-state index in [9.17, 15) is 9.59 Å². The van der Waals surface area contributed by atoms with Gasteiger partial charge in [0.15, 0.2) is 0 Å². The fourth-order valence-electron chi connectivity index (χ4n) is 2.52. The van der Waals surface area contributed by atoms with Crippen molar-refractivity contribution in [3.8, 4) is 0 Å². The summed E-state index contributed by atoms with van der Waals surface area (Å²) in [6.45, 7) is 1.37. The van der Waals surface area contributed by atoms with Crippen LogP contribution in [0.5, 0.6) is 0 Å². The van der Waals surface area contributed by atoms with E-state index >= 15 is 0 Å². The molecule has 0 atom stereocenters. The molecule has 6 nitrogen and oxygen atoms in total. The third-order valence-electron chi connectivity index (χ3n) is 3.64. The van der Waals surface area contributed by atoms with Crippen molar-refractivity contribution >= 4 is 38.8 Å². The smallest absolute Gasteiger partial charge is 0.404 e. The van der Waals surface area contributed by atoms with Crippen molar-refractivity contribution in [1.29, 1.82) is 0 Å². The Morgan fingerprint density at radius 3 is 2.86 bits per heavy atom. The molecule has 0 bridgehead atoms. The molecule has 1 saturated heterocycles. The monoisotopic (exact) mass is 363 g/mol. The molecular weight excluding hydrogens is 350 g/mol. The topological polar surface area (TPSA) is 85.5 Å². The lowest BCUT2D eigenvalue weighted by atomic mass is 9.99. The largest absolute Gasteiger partial charge is 0.449 e. The van der Waals surface area contributed by atoms with Crippen LogP contribution in [0.1, 0.15) is 10.4 Å². The maximum Gasteiger partial charge on any atom is 0.404 e. The summed E-state index contributed by atoms with van der Waals surface area (Å²) < 4.78 is 5.65. The van der Waals surface area contributed by atoms with Crippen molar-refractivity contribution in [2.45, 2.75) is 0 Å². The second kappa shape index (κ2) is 5.92. The quantitative estimate of drug-likeness (QED) is 0.905. The molecule has 0 spiro atoms. The number of amides is 2. The van der Waals surface area contributed by atoms with Gasteiger partial charge in [0.25, 0.3) is 5.91 Å². The number of carbonyl (C=O) groups is 2. The number of halogens is 1. The van der Waals surface area contributed by atoms with Gasteiger partial charge >= 0.3 is 6.09 Å². The highest BCUT2D eigenvalue weighted by molar-refractivity contribution is 9.10. The van der Waals surface area contributed by atoms with E-state index in [0.29, 0.717) is 18.7 Å². The Labute approximate surface area is 135 Å². The second-order valence-electron chi connectivity index (χ2n) is 5.23. The number of aromatic nitrogens is 1. The molecule has 1 fully saturated rings. The third-order valence-corrected chi connectivity index (χ3v) is 4.13. The van der Waals surface area contributed by atoms with Crippen LogP contribution in [0.2, 0.25) is 0 Å². The number of pyridine rings is 1. The number of nitrogens with zero attached hydrogens (tertiary/aromatic N) is 2. The Bertz CT molecular complexity index is 744. The maximum absolute atomic E-state index is 12.6. The lowest BCUT2D eigenvalue weighted by molar-refractivity contribution is 0.0324. The number of hydrogen-bond acceptors (Lipinski definition) is 4. The molecule has 2 heterocycles. The zero-order valence-corrected chi connectivity index (χ0v) is 13.2. The van der Waals surface area contributed by atoms with E-state index in [4.69, 9.17) is 10.5 Å². The second-order valence-corrected chi connectivity index (χ2v) is 6.14. The first-order chi connectivity index (χ1) is 10.5. The van der Waals surface area contributed by atoms with E-state index in [1.807, 2.05) is 18.2 Å². The van der Waals surface area contributed by atoms with Crippen LogP contribution in [0.3, 0.4) is 0 Å². The summed E-state index contributed by atoms with van der Waals surface area (Å²) in [4.78, 5) is 29.1. The first-order valence-electron chi connectivity index (χ1n) is 6.80. The third kappa shape index (κ3) is 2.89. The number of primary amides is 1. The van der Waals surface area contributed by atoms with Gasteiger partial charge in [-0.3, -0.25) is 9.78 Å². The molecule has 114 valence electrons. The molecule has 3 rings (SSSR count). The van der Waals surface area contributed by atoms with Gasteiger partial charge in [-0.15, -0.1) is 0 Å². The first-order valence-corrected chi connectivity index (χ1v) is 7.59. The van der Waals surface area contributed by atoms with Gasteiger partial charge in [-0.05, 0) is 24.3 Å². The van der Waals surface area contributed by atoms with Gasteiger partial charge in [-0.2, -0.15) is 0 Å². The summed E-state index contributed by atoms with van der Waals surface area (Å²) in [7, 11) is 0. The van der Waals surface area contributed by atoms with Crippen LogP contribution in [0.25, 0.3) is 10.9 Å². The average Bonchev–Trinajstić information content (AvgIpc) is 2.44. The fraction of sp³-hybridized carbons (Fsp3) is 0.267. The predicted octanol–water partition coefficient (Wildman–Crippen LogP) is 2.16. The molecule has 2 aromatic rings. The van der Waals surface area contributed by atoms with Crippen molar-refractivity contribution in [2.75, 3.05) is 19.7 Å². The van der Waals surface area contributed by atoms with Gasteiger partial charge in [0.05, 0.1) is 17.7 Å². The van der Waals surface area contributed by atoms with Crippen LogP contribution >= 0.6 is 15.9 Å². The SMILES string of the molecule is NC(=O)OCC1CN(C(=O)c2ccnc3ccc(Br)cc23)C1. The predicted molar refractivity (Wildman–Crippen MR) is 84.4 cm³/mol. The van der Waals surface area contributed by atoms with E-state index in [2.05, 4.69) is 20.9 Å². The molecule has 0 radical (unpaired) electrons. The summed E-state index contributed by atoms with van der Waals surface area (Å²) >= 11 is 3.41. The lowest BCUT2D eigenvalue weighted by Gasteiger charge is -2.38. The summed E-state index contributed by atoms with van der Waals surface area (Å²) in [6.07, 6.45) is 0.853. The number of hydrogen-bond donors (Lipinski definition) is 1. The van der Waals surface area contributed by atoms with Crippen molar-refractivity contribution in [2.24, 2.45) is 11.7 Å². The van der Waals surface area contributed by atoms with Crippen LogP contribution in [-0.2, 0) is 4.74 Å². The molecule has 1 aliphatic heterocycles. The fourth-order valence-corrected chi connectivity index (χ4v) is 2.88. The molecule has 7 heteroatoms. The Hall–Kier alpha value is -2.15. The van der Waals surface area contributed by atoms with Gasteiger partial charge in [0.1, 0.15) is 0 Å². The van der Waals surface area contributed by atoms with Crippen LogP contribution in [0, 0.1) is 5.92 Å². The Morgan fingerprint density at radius 1 is 1.36 bits per heavy atom. The van der Waals surface area contributed by atoms with Gasteiger partial charge < -0.3 is 15.4 Å². The Kier molecular flexibility index (Phi) is 3.98. The number of nitrogens with two attached hydrogens (primary N) is 1. The van der Waals surface area contributed by atoms with E-state index in [0.717, 1.165) is 15.4 Å². The number of carbonyl (C=O) groups excluding carboxylic acids is 2. The van der Waals surface area contributed by atoms with Crippen molar-refractivity contribution in [1.82, 2.24) is 9.88 Å². The van der Waals surface area contributed by atoms with E-state index in [-0.39, 0.29) is 18.4 Å². The van der Waals surface area contributed by atoms with Crippen LogP contribution in [-0.4, -0.2) is 41.6 Å². The number of fused-ring (bicyclic) bond motifs is 1. The first kappa shape index (κ1) is 14.8. The minimum absolute atomic E-state index is 0.0409. The molecule has 1 aromatic carbocycles. The lowest BCUT2D eigenvalue weighted by Crippen LogP contribution is -2.52. The van der Waals surface area contributed by atoms with Crippen molar-refractivity contribution in [3.05, 3.63) is 40.5 Å². The molecule has 2 N–H and O–H groups in total. The van der Waals surface area contributed by atoms with Crippen molar-refractivity contribution < 1.29 is 14.3 Å². The minimum Gasteiger partial charge on any atom is -0.449 e. The standard InChI is InChI=1S/C15H14BrN3O3/c16-10-1-2-13-12(5-10)11(3-4-18-13)14(20)19-6-9(7-19)8-22-15(17)21/h1-5,9H,6-8H2,(H2,17,21). The van der Waals surface area contributed by atoms with E-state index < -0.39 is 6.09 Å². The molecule has 0 saturated carbocycles. The summed E-state index contributed by atoms with van der Waals surface area (Å²) in [5.41, 5.74) is 6.33. The number of likely N-dealkylation sites (tertiary alicyclic amines) is 1. The van der Waals surface area contributed by atoms with Crippen LogP contribution < -0.4 is 5.73 Å². The highest BCUT2D eigenvalue weighted by Crippen LogP contribution is 2.25. The molecule has 1 aromatic heterocycles. The zero-order chi connectivity index (χ0) is 15.7. The molecule has 22 heavy (non-hydrogen) atoms. The van der Waals surface area contributed by atoms with E-state index in [1.54, 1.807) is 17.2 Å². The van der Waals surface area contributed by atoms with Gasteiger partial charge in [0, 0.05) is 35.1 Å². The Morgan fingerprint density at radius 2 is 2.14 bits per heavy atom. The van der Waals surface area contributed by atoms with Gasteiger partial charge in [-0.1, -0.05) is 15.9 Å².